The van der Waals surface area contributed by atoms with Crippen LogP contribution < -0.4 is 5.32 Å². The zero-order valence-corrected chi connectivity index (χ0v) is 14.2. The van der Waals surface area contributed by atoms with Gasteiger partial charge in [0.2, 0.25) is 0 Å². The largest absolute Gasteiger partial charge is 0.379 e. The van der Waals surface area contributed by atoms with E-state index in [0.29, 0.717) is 5.92 Å². The fraction of sp³-hybridized carbons (Fsp3) is 0.438. The highest BCUT2D eigenvalue weighted by Gasteiger charge is 2.13. The molecule has 20 heavy (non-hydrogen) atoms. The molecular formula is C16H22BrN3. The number of hydrogen-bond donors (Lipinski definition) is 1. The summed E-state index contributed by atoms with van der Waals surface area (Å²) in [6.45, 7) is 7.33. The number of rotatable bonds is 5. The lowest BCUT2D eigenvalue weighted by Crippen LogP contribution is -2.08. The molecule has 0 unspecified atom stereocenters. The summed E-state index contributed by atoms with van der Waals surface area (Å²) >= 11 is 3.66. The predicted molar refractivity (Wildman–Crippen MR) is 88.1 cm³/mol. The standard InChI is InChI=1S/C16H22BrN3/c1-5-13-16(17)15(20(4)19-13)10-18-14-9-7-6-8-12(14)11(2)3/h6-9,11,18H,5,10H2,1-4H3. The molecule has 0 spiro atoms. The Bertz CT molecular complexity index is 587. The van der Waals surface area contributed by atoms with Gasteiger partial charge in [0, 0.05) is 12.7 Å². The summed E-state index contributed by atoms with van der Waals surface area (Å²) in [5.74, 6) is 0.514. The van der Waals surface area contributed by atoms with Gasteiger partial charge in [-0.15, -0.1) is 0 Å². The minimum absolute atomic E-state index is 0.514. The van der Waals surface area contributed by atoms with Gasteiger partial charge in [0.25, 0.3) is 0 Å². The van der Waals surface area contributed by atoms with Crippen LogP contribution in [-0.2, 0) is 20.0 Å². The predicted octanol–water partition coefficient (Wildman–Crippen LogP) is 4.48. The molecule has 108 valence electrons. The molecular weight excluding hydrogens is 314 g/mol. The number of anilines is 1. The molecule has 0 aliphatic heterocycles. The summed E-state index contributed by atoms with van der Waals surface area (Å²) < 4.78 is 3.07. The summed E-state index contributed by atoms with van der Waals surface area (Å²) in [6.07, 6.45) is 0.941. The Morgan fingerprint density at radius 1 is 1.30 bits per heavy atom. The minimum atomic E-state index is 0.514. The van der Waals surface area contributed by atoms with Gasteiger partial charge in [0.1, 0.15) is 0 Å². The van der Waals surface area contributed by atoms with Crippen LogP contribution in [0.4, 0.5) is 5.69 Å². The molecule has 3 nitrogen and oxygen atoms in total. The highest BCUT2D eigenvalue weighted by Crippen LogP contribution is 2.26. The van der Waals surface area contributed by atoms with Crippen molar-refractivity contribution in [3.8, 4) is 0 Å². The SMILES string of the molecule is CCc1nn(C)c(CNc2ccccc2C(C)C)c1Br. The topological polar surface area (TPSA) is 29.9 Å². The maximum Gasteiger partial charge on any atom is 0.0767 e. The fourth-order valence-electron chi connectivity index (χ4n) is 2.35. The Hall–Kier alpha value is -1.29. The van der Waals surface area contributed by atoms with Gasteiger partial charge >= 0.3 is 0 Å². The first kappa shape index (κ1) is 15.1. The monoisotopic (exact) mass is 335 g/mol. The molecule has 4 heteroatoms. The Balaban J connectivity index is 2.19. The van der Waals surface area contributed by atoms with Crippen LogP contribution in [0.15, 0.2) is 28.7 Å². The molecule has 0 bridgehead atoms. The summed E-state index contributed by atoms with van der Waals surface area (Å²) in [7, 11) is 2.00. The van der Waals surface area contributed by atoms with Crippen LogP contribution in [0.5, 0.6) is 0 Å². The zero-order valence-electron chi connectivity index (χ0n) is 12.6. The second-order valence-electron chi connectivity index (χ2n) is 5.28. The van der Waals surface area contributed by atoms with Crippen LogP contribution in [0.3, 0.4) is 0 Å². The smallest absolute Gasteiger partial charge is 0.0767 e. The lowest BCUT2D eigenvalue weighted by molar-refractivity contribution is 0.706. The number of para-hydroxylation sites is 1. The van der Waals surface area contributed by atoms with E-state index in [0.717, 1.165) is 23.1 Å². The third-order valence-electron chi connectivity index (χ3n) is 3.53. The number of aromatic nitrogens is 2. The number of hydrogen-bond acceptors (Lipinski definition) is 2. The van der Waals surface area contributed by atoms with Gasteiger partial charge in [-0.05, 0) is 39.9 Å². The molecule has 0 atom stereocenters. The van der Waals surface area contributed by atoms with Crippen LogP contribution in [0.25, 0.3) is 0 Å². The van der Waals surface area contributed by atoms with Gasteiger partial charge in [-0.1, -0.05) is 39.0 Å². The van der Waals surface area contributed by atoms with Gasteiger partial charge in [-0.25, -0.2) is 0 Å². The number of aryl methyl sites for hydroxylation is 2. The van der Waals surface area contributed by atoms with Crippen LogP contribution >= 0.6 is 15.9 Å². The molecule has 1 heterocycles. The third kappa shape index (κ3) is 3.06. The molecule has 0 aliphatic carbocycles. The highest BCUT2D eigenvalue weighted by atomic mass is 79.9. The van der Waals surface area contributed by atoms with Crippen molar-refractivity contribution in [2.45, 2.75) is 39.7 Å². The van der Waals surface area contributed by atoms with E-state index in [1.807, 2.05) is 11.7 Å². The third-order valence-corrected chi connectivity index (χ3v) is 4.45. The molecule has 1 aromatic heterocycles. The molecule has 1 N–H and O–H groups in total. The van der Waals surface area contributed by atoms with Crippen molar-refractivity contribution in [1.82, 2.24) is 9.78 Å². The van der Waals surface area contributed by atoms with Crippen molar-refractivity contribution < 1.29 is 0 Å². The lowest BCUT2D eigenvalue weighted by atomic mass is 10.0. The fourth-order valence-corrected chi connectivity index (χ4v) is 3.11. The Labute approximate surface area is 129 Å². The molecule has 0 saturated heterocycles. The molecule has 0 saturated carbocycles. The number of halogens is 1. The van der Waals surface area contributed by atoms with E-state index in [1.54, 1.807) is 0 Å². The molecule has 2 aromatic rings. The van der Waals surface area contributed by atoms with Crippen molar-refractivity contribution in [2.75, 3.05) is 5.32 Å². The van der Waals surface area contributed by atoms with Gasteiger partial charge in [0.15, 0.2) is 0 Å². The summed E-state index contributed by atoms with van der Waals surface area (Å²) in [6, 6.07) is 8.49. The minimum Gasteiger partial charge on any atom is -0.379 e. The second kappa shape index (κ2) is 6.44. The number of benzene rings is 1. The molecule has 1 aromatic carbocycles. The van der Waals surface area contributed by atoms with Crippen molar-refractivity contribution in [2.24, 2.45) is 7.05 Å². The van der Waals surface area contributed by atoms with Gasteiger partial charge in [-0.3, -0.25) is 4.68 Å². The highest BCUT2D eigenvalue weighted by molar-refractivity contribution is 9.10. The first-order valence-electron chi connectivity index (χ1n) is 7.07. The quantitative estimate of drug-likeness (QED) is 0.872. The summed E-state index contributed by atoms with van der Waals surface area (Å²) in [5.41, 5.74) is 4.84. The number of nitrogens with zero attached hydrogens (tertiary/aromatic N) is 2. The number of nitrogens with one attached hydrogen (secondary N) is 1. The van der Waals surface area contributed by atoms with Gasteiger partial charge < -0.3 is 5.32 Å². The van der Waals surface area contributed by atoms with Gasteiger partial charge in [0.05, 0.1) is 22.4 Å². The maximum absolute atomic E-state index is 4.53. The first-order chi connectivity index (χ1) is 9.54. The van der Waals surface area contributed by atoms with Crippen LogP contribution in [-0.4, -0.2) is 9.78 Å². The average Bonchev–Trinajstić information content (AvgIpc) is 2.71. The Morgan fingerprint density at radius 2 is 2.00 bits per heavy atom. The van der Waals surface area contributed by atoms with Crippen LogP contribution in [0.1, 0.15) is 43.6 Å². The second-order valence-corrected chi connectivity index (χ2v) is 6.07. The van der Waals surface area contributed by atoms with Crippen molar-refractivity contribution in [3.05, 3.63) is 45.7 Å². The molecule has 0 aliphatic rings. The van der Waals surface area contributed by atoms with E-state index in [-0.39, 0.29) is 0 Å². The van der Waals surface area contributed by atoms with Crippen molar-refractivity contribution in [3.63, 3.8) is 0 Å². The van der Waals surface area contributed by atoms with Crippen LogP contribution in [0, 0.1) is 0 Å². The van der Waals surface area contributed by atoms with E-state index in [4.69, 9.17) is 0 Å². The Morgan fingerprint density at radius 3 is 2.60 bits per heavy atom. The molecule has 0 amide bonds. The summed E-state index contributed by atoms with van der Waals surface area (Å²) in [4.78, 5) is 0. The van der Waals surface area contributed by atoms with E-state index < -0.39 is 0 Å². The van der Waals surface area contributed by atoms with E-state index in [2.05, 4.69) is 71.4 Å². The summed E-state index contributed by atoms with van der Waals surface area (Å²) in [5, 5.41) is 8.07. The zero-order chi connectivity index (χ0) is 14.7. The molecule has 0 radical (unpaired) electrons. The van der Waals surface area contributed by atoms with Crippen molar-refractivity contribution in [1.29, 1.82) is 0 Å². The normalized spacial score (nSPS) is 11.1. The lowest BCUT2D eigenvalue weighted by Gasteiger charge is -2.14. The van der Waals surface area contributed by atoms with E-state index in [1.165, 1.54) is 16.9 Å². The van der Waals surface area contributed by atoms with E-state index >= 15 is 0 Å². The average molecular weight is 336 g/mol. The maximum atomic E-state index is 4.53. The molecule has 2 rings (SSSR count). The Kier molecular flexibility index (Phi) is 4.86. The van der Waals surface area contributed by atoms with Crippen LogP contribution in [0.2, 0.25) is 0 Å². The first-order valence-corrected chi connectivity index (χ1v) is 7.86. The van der Waals surface area contributed by atoms with Gasteiger partial charge in [-0.2, -0.15) is 5.10 Å². The van der Waals surface area contributed by atoms with E-state index in [9.17, 15) is 0 Å². The molecule has 0 fully saturated rings. The van der Waals surface area contributed by atoms with Crippen molar-refractivity contribution >= 4 is 21.6 Å².